The van der Waals surface area contributed by atoms with Crippen molar-refractivity contribution in [2.75, 3.05) is 14.2 Å². The van der Waals surface area contributed by atoms with Crippen LogP contribution in [-0.2, 0) is 34.9 Å². The minimum Gasteiger partial charge on any atom is -0.468 e. The van der Waals surface area contributed by atoms with Gasteiger partial charge in [-0.15, -0.1) is 0 Å². The summed E-state index contributed by atoms with van der Waals surface area (Å²) in [5.74, 6) is -0.710. The Morgan fingerprint density at radius 1 is 1.10 bits per heavy atom. The average Bonchev–Trinajstić information content (AvgIpc) is 3.22. The van der Waals surface area contributed by atoms with E-state index >= 15 is 0 Å². The maximum atomic E-state index is 11.7. The SMILES string of the molecule is COC(=O)[C@@H](N)CC[C@H](CCc1ccccc1)C[C@H]1O[C@@H](OC)C2OC(C)(C)O[C@H]21. The van der Waals surface area contributed by atoms with Crippen LogP contribution in [0.3, 0.4) is 0 Å². The second-order valence-corrected chi connectivity index (χ2v) is 8.68. The summed E-state index contributed by atoms with van der Waals surface area (Å²) in [7, 11) is 2.99. The highest BCUT2D eigenvalue weighted by molar-refractivity contribution is 5.75. The van der Waals surface area contributed by atoms with E-state index in [1.54, 1.807) is 7.11 Å². The first-order chi connectivity index (χ1) is 14.3. The van der Waals surface area contributed by atoms with Crippen LogP contribution < -0.4 is 5.73 Å². The highest BCUT2D eigenvalue weighted by Crippen LogP contribution is 2.41. The summed E-state index contributed by atoms with van der Waals surface area (Å²) in [6, 6.07) is 9.79. The van der Waals surface area contributed by atoms with Crippen LogP contribution in [0.15, 0.2) is 30.3 Å². The molecule has 2 heterocycles. The van der Waals surface area contributed by atoms with Crippen LogP contribution >= 0.6 is 0 Å². The third-order valence-electron chi connectivity index (χ3n) is 5.98. The zero-order chi connectivity index (χ0) is 21.7. The van der Waals surface area contributed by atoms with Gasteiger partial charge >= 0.3 is 5.97 Å². The van der Waals surface area contributed by atoms with Crippen LogP contribution in [0, 0.1) is 5.92 Å². The standard InChI is InChI=1S/C23H35NO6/c1-23(2)29-19-18(28-22(27-4)20(19)30-23)14-16(12-13-17(24)21(25)26-3)11-10-15-8-6-5-7-9-15/h5-9,16-20,22H,10-14,24H2,1-4H3/t16-,17-,18+,19-,20?,22+/m0/s1. The summed E-state index contributed by atoms with van der Waals surface area (Å²) in [6.45, 7) is 3.83. The van der Waals surface area contributed by atoms with Crippen LogP contribution in [0.5, 0.6) is 0 Å². The molecule has 0 aromatic heterocycles. The zero-order valence-corrected chi connectivity index (χ0v) is 18.4. The van der Waals surface area contributed by atoms with Crippen molar-refractivity contribution in [2.24, 2.45) is 11.7 Å². The quantitative estimate of drug-likeness (QED) is 0.581. The number of aryl methyl sites for hydroxylation is 1. The van der Waals surface area contributed by atoms with Gasteiger partial charge in [-0.25, -0.2) is 0 Å². The minimum atomic E-state index is -0.652. The number of ether oxygens (including phenoxy) is 5. The molecule has 0 bridgehead atoms. The molecule has 2 aliphatic rings. The van der Waals surface area contributed by atoms with E-state index < -0.39 is 18.1 Å². The normalized spacial score (nSPS) is 29.4. The van der Waals surface area contributed by atoms with Gasteiger partial charge in [-0.2, -0.15) is 0 Å². The Labute approximate surface area is 179 Å². The molecule has 0 spiro atoms. The molecule has 30 heavy (non-hydrogen) atoms. The number of rotatable bonds is 10. The highest BCUT2D eigenvalue weighted by atomic mass is 16.8. The van der Waals surface area contributed by atoms with Crippen LogP contribution in [0.4, 0.5) is 0 Å². The molecule has 7 nitrogen and oxygen atoms in total. The van der Waals surface area contributed by atoms with Crippen molar-refractivity contribution in [3.63, 3.8) is 0 Å². The van der Waals surface area contributed by atoms with E-state index in [4.69, 9.17) is 29.4 Å². The number of esters is 1. The molecule has 2 saturated heterocycles. The summed E-state index contributed by atoms with van der Waals surface area (Å²) >= 11 is 0. The molecule has 7 heteroatoms. The Kier molecular flexibility index (Phi) is 7.87. The van der Waals surface area contributed by atoms with Gasteiger partial charge in [0.15, 0.2) is 12.1 Å². The van der Waals surface area contributed by atoms with Gasteiger partial charge < -0.3 is 29.4 Å². The molecule has 2 aliphatic heterocycles. The van der Waals surface area contributed by atoms with E-state index in [1.807, 2.05) is 19.9 Å². The second kappa shape index (κ2) is 10.2. The zero-order valence-electron chi connectivity index (χ0n) is 18.4. The third-order valence-corrected chi connectivity index (χ3v) is 5.98. The second-order valence-electron chi connectivity index (χ2n) is 8.68. The van der Waals surface area contributed by atoms with Gasteiger partial charge in [0.1, 0.15) is 18.2 Å². The van der Waals surface area contributed by atoms with E-state index in [-0.39, 0.29) is 24.3 Å². The van der Waals surface area contributed by atoms with Crippen LogP contribution in [0.1, 0.15) is 45.1 Å². The topological polar surface area (TPSA) is 89.2 Å². The van der Waals surface area contributed by atoms with Gasteiger partial charge in [-0.05, 0) is 57.4 Å². The van der Waals surface area contributed by atoms with E-state index in [0.717, 1.165) is 25.7 Å². The van der Waals surface area contributed by atoms with E-state index in [1.165, 1.54) is 12.7 Å². The molecule has 168 valence electrons. The molecule has 1 unspecified atom stereocenters. The third kappa shape index (κ3) is 5.80. The molecular weight excluding hydrogens is 386 g/mol. The van der Waals surface area contributed by atoms with Crippen molar-refractivity contribution in [2.45, 2.75) is 82.4 Å². The first kappa shape index (κ1) is 23.2. The maximum Gasteiger partial charge on any atom is 0.322 e. The summed E-state index contributed by atoms with van der Waals surface area (Å²) in [4.78, 5) is 11.7. The number of hydrogen-bond acceptors (Lipinski definition) is 7. The molecule has 0 amide bonds. The van der Waals surface area contributed by atoms with Crippen molar-refractivity contribution >= 4 is 5.97 Å². The largest absolute Gasteiger partial charge is 0.468 e. The lowest BCUT2D eigenvalue weighted by molar-refractivity contribution is -0.228. The van der Waals surface area contributed by atoms with Crippen molar-refractivity contribution in [1.82, 2.24) is 0 Å². The fraction of sp³-hybridized carbons (Fsp3) is 0.696. The van der Waals surface area contributed by atoms with Gasteiger partial charge in [0.05, 0.1) is 13.2 Å². The van der Waals surface area contributed by atoms with Crippen LogP contribution in [-0.4, -0.2) is 56.6 Å². The Hall–Kier alpha value is -1.51. The summed E-state index contributed by atoms with van der Waals surface area (Å²) in [5, 5.41) is 0. The number of carbonyl (C=O) groups is 1. The molecular formula is C23H35NO6. The molecule has 0 aliphatic carbocycles. The molecule has 1 aromatic rings. The Morgan fingerprint density at radius 2 is 1.80 bits per heavy atom. The number of hydrogen-bond donors (Lipinski definition) is 1. The highest BCUT2D eigenvalue weighted by Gasteiger charge is 2.55. The molecule has 6 atom stereocenters. The Bertz CT molecular complexity index is 682. The number of methoxy groups -OCH3 is 2. The van der Waals surface area contributed by atoms with E-state index in [2.05, 4.69) is 24.3 Å². The maximum absolute atomic E-state index is 11.7. The first-order valence-electron chi connectivity index (χ1n) is 10.7. The Morgan fingerprint density at radius 3 is 2.47 bits per heavy atom. The van der Waals surface area contributed by atoms with Gasteiger partial charge in [-0.1, -0.05) is 30.3 Å². The molecule has 0 saturated carbocycles. The molecule has 1 aromatic carbocycles. The minimum absolute atomic E-state index is 0.128. The summed E-state index contributed by atoms with van der Waals surface area (Å²) < 4.78 is 28.5. The lowest BCUT2D eigenvalue weighted by Crippen LogP contribution is -2.34. The fourth-order valence-corrected chi connectivity index (χ4v) is 4.43. The molecule has 0 radical (unpaired) electrons. The fourth-order valence-electron chi connectivity index (χ4n) is 4.43. The number of nitrogens with two attached hydrogens (primary N) is 1. The summed E-state index contributed by atoms with van der Waals surface area (Å²) in [6.07, 6.45) is 3.13. The monoisotopic (exact) mass is 421 g/mol. The van der Waals surface area contributed by atoms with Crippen molar-refractivity contribution in [1.29, 1.82) is 0 Å². The van der Waals surface area contributed by atoms with Crippen molar-refractivity contribution in [3.05, 3.63) is 35.9 Å². The summed E-state index contributed by atoms with van der Waals surface area (Å²) in [5.41, 5.74) is 7.28. The van der Waals surface area contributed by atoms with Gasteiger partial charge in [-0.3, -0.25) is 4.79 Å². The van der Waals surface area contributed by atoms with Crippen LogP contribution in [0.25, 0.3) is 0 Å². The number of carbonyl (C=O) groups excluding carboxylic acids is 1. The number of fused-ring (bicyclic) bond motifs is 1. The molecule has 3 rings (SSSR count). The molecule has 2 N–H and O–H groups in total. The lowest BCUT2D eigenvalue weighted by atomic mass is 9.87. The first-order valence-corrected chi connectivity index (χ1v) is 10.7. The van der Waals surface area contributed by atoms with E-state index in [9.17, 15) is 4.79 Å². The van der Waals surface area contributed by atoms with Crippen molar-refractivity contribution < 1.29 is 28.5 Å². The van der Waals surface area contributed by atoms with Crippen molar-refractivity contribution in [3.8, 4) is 0 Å². The average molecular weight is 422 g/mol. The molecule has 2 fully saturated rings. The number of benzene rings is 1. The predicted molar refractivity (Wildman–Crippen MR) is 112 cm³/mol. The van der Waals surface area contributed by atoms with Gasteiger partial charge in [0, 0.05) is 7.11 Å². The van der Waals surface area contributed by atoms with Gasteiger partial charge in [0.25, 0.3) is 0 Å². The predicted octanol–water partition coefficient (Wildman–Crippen LogP) is 2.80. The van der Waals surface area contributed by atoms with Crippen LogP contribution in [0.2, 0.25) is 0 Å². The van der Waals surface area contributed by atoms with Gasteiger partial charge in [0.2, 0.25) is 0 Å². The lowest BCUT2D eigenvalue weighted by Gasteiger charge is -2.26. The smallest absolute Gasteiger partial charge is 0.322 e. The van der Waals surface area contributed by atoms with E-state index in [0.29, 0.717) is 12.3 Å². The Balaban J connectivity index is 1.65.